The van der Waals surface area contributed by atoms with E-state index in [2.05, 4.69) is 0 Å². The molecule has 0 aliphatic rings. The van der Waals surface area contributed by atoms with Gasteiger partial charge in [-0.2, -0.15) is 0 Å². The number of alkyl halides is 2. The van der Waals surface area contributed by atoms with Crippen LogP contribution < -0.4 is 4.74 Å². The SMILES string of the molecule is CCOc1cccc(CN(C)CC(F)F)c1O. The molecule has 0 aliphatic heterocycles. The lowest BCUT2D eigenvalue weighted by atomic mass is 10.1. The van der Waals surface area contributed by atoms with E-state index in [0.717, 1.165) is 0 Å². The normalized spacial score (nSPS) is 11.2. The van der Waals surface area contributed by atoms with Crippen LogP contribution in [-0.4, -0.2) is 36.6 Å². The number of ether oxygens (including phenoxy) is 1. The summed E-state index contributed by atoms with van der Waals surface area (Å²) in [4.78, 5) is 1.45. The predicted molar refractivity (Wildman–Crippen MR) is 61.6 cm³/mol. The molecule has 1 aromatic carbocycles. The highest BCUT2D eigenvalue weighted by Crippen LogP contribution is 2.30. The summed E-state index contributed by atoms with van der Waals surface area (Å²) in [5.41, 5.74) is 0.583. The Morgan fingerprint density at radius 3 is 2.71 bits per heavy atom. The average Bonchev–Trinajstić information content (AvgIpc) is 2.23. The number of aromatic hydroxyl groups is 1. The molecule has 0 fully saturated rings. The molecule has 0 radical (unpaired) electrons. The first-order chi connectivity index (χ1) is 8.04. The van der Waals surface area contributed by atoms with Crippen molar-refractivity contribution in [1.29, 1.82) is 0 Å². The van der Waals surface area contributed by atoms with Gasteiger partial charge >= 0.3 is 0 Å². The molecule has 0 spiro atoms. The molecule has 1 N–H and O–H groups in total. The summed E-state index contributed by atoms with van der Waals surface area (Å²) >= 11 is 0. The van der Waals surface area contributed by atoms with Crippen LogP contribution in [0.4, 0.5) is 8.78 Å². The summed E-state index contributed by atoms with van der Waals surface area (Å²) in [6.07, 6.45) is -2.38. The third-order valence-corrected chi connectivity index (χ3v) is 2.27. The number of nitrogens with zero attached hydrogens (tertiary/aromatic N) is 1. The first-order valence-electron chi connectivity index (χ1n) is 5.45. The minimum Gasteiger partial charge on any atom is -0.504 e. The van der Waals surface area contributed by atoms with Crippen molar-refractivity contribution in [2.45, 2.75) is 19.9 Å². The van der Waals surface area contributed by atoms with E-state index in [1.807, 2.05) is 6.92 Å². The third kappa shape index (κ3) is 4.19. The van der Waals surface area contributed by atoms with Gasteiger partial charge in [0.1, 0.15) is 0 Å². The molecule has 0 aromatic heterocycles. The predicted octanol–water partition coefficient (Wildman–Crippen LogP) is 2.49. The quantitative estimate of drug-likeness (QED) is 0.835. The van der Waals surface area contributed by atoms with E-state index in [1.54, 1.807) is 25.2 Å². The number of phenolic OH excluding ortho intramolecular Hbond substituents is 1. The van der Waals surface area contributed by atoms with Gasteiger partial charge < -0.3 is 9.84 Å². The van der Waals surface area contributed by atoms with Gasteiger partial charge in [0.2, 0.25) is 0 Å². The van der Waals surface area contributed by atoms with Crippen LogP contribution in [0.1, 0.15) is 12.5 Å². The van der Waals surface area contributed by atoms with Gasteiger partial charge in [0.15, 0.2) is 11.5 Å². The molecule has 0 saturated heterocycles. The maximum absolute atomic E-state index is 12.2. The Kier molecular flexibility index (Phi) is 5.15. The van der Waals surface area contributed by atoms with Crippen molar-refractivity contribution in [3.63, 3.8) is 0 Å². The van der Waals surface area contributed by atoms with Crippen LogP contribution in [0.3, 0.4) is 0 Å². The summed E-state index contributed by atoms with van der Waals surface area (Å²) < 4.78 is 29.5. The lowest BCUT2D eigenvalue weighted by Gasteiger charge is -2.17. The first kappa shape index (κ1) is 13.7. The Labute approximate surface area is 99.6 Å². The van der Waals surface area contributed by atoms with Crippen LogP contribution in [0.25, 0.3) is 0 Å². The summed E-state index contributed by atoms with van der Waals surface area (Å²) in [6.45, 7) is 2.20. The van der Waals surface area contributed by atoms with E-state index in [-0.39, 0.29) is 18.8 Å². The van der Waals surface area contributed by atoms with Crippen LogP contribution in [0.5, 0.6) is 11.5 Å². The summed E-state index contributed by atoms with van der Waals surface area (Å²) in [5.74, 6) is 0.408. The van der Waals surface area contributed by atoms with Crippen molar-refractivity contribution in [3.8, 4) is 11.5 Å². The highest BCUT2D eigenvalue weighted by molar-refractivity contribution is 5.45. The zero-order chi connectivity index (χ0) is 12.8. The number of benzene rings is 1. The Morgan fingerprint density at radius 2 is 2.12 bits per heavy atom. The minimum atomic E-state index is -2.38. The molecule has 0 saturated carbocycles. The van der Waals surface area contributed by atoms with Gasteiger partial charge in [-0.3, -0.25) is 4.90 Å². The molecule has 0 bridgehead atoms. The molecule has 17 heavy (non-hydrogen) atoms. The van der Waals surface area contributed by atoms with Gasteiger partial charge in [-0.15, -0.1) is 0 Å². The van der Waals surface area contributed by atoms with Crippen molar-refractivity contribution in [3.05, 3.63) is 23.8 Å². The Balaban J connectivity index is 2.73. The van der Waals surface area contributed by atoms with Crippen LogP contribution in [0.15, 0.2) is 18.2 Å². The van der Waals surface area contributed by atoms with Crippen molar-refractivity contribution in [2.75, 3.05) is 20.2 Å². The average molecular weight is 245 g/mol. The third-order valence-electron chi connectivity index (χ3n) is 2.27. The molecule has 5 heteroatoms. The number of hydrogen-bond acceptors (Lipinski definition) is 3. The standard InChI is InChI=1S/C12H17F2NO2/c1-3-17-10-6-4-5-9(12(10)16)7-15(2)8-11(13)14/h4-6,11,16H,3,7-8H2,1-2H3. The lowest BCUT2D eigenvalue weighted by Crippen LogP contribution is -2.24. The topological polar surface area (TPSA) is 32.7 Å². The zero-order valence-electron chi connectivity index (χ0n) is 9.99. The molecule has 0 aliphatic carbocycles. The van der Waals surface area contributed by atoms with Gasteiger partial charge in [0.25, 0.3) is 6.43 Å². The highest BCUT2D eigenvalue weighted by Gasteiger charge is 2.12. The number of para-hydroxylation sites is 1. The zero-order valence-corrected chi connectivity index (χ0v) is 9.99. The fourth-order valence-corrected chi connectivity index (χ4v) is 1.56. The summed E-state index contributed by atoms with van der Waals surface area (Å²) in [6, 6.07) is 5.07. The monoisotopic (exact) mass is 245 g/mol. The van der Waals surface area contributed by atoms with Gasteiger partial charge in [0.05, 0.1) is 13.2 Å². The maximum Gasteiger partial charge on any atom is 0.251 e. The number of hydrogen-bond donors (Lipinski definition) is 1. The van der Waals surface area contributed by atoms with E-state index >= 15 is 0 Å². The van der Waals surface area contributed by atoms with E-state index in [4.69, 9.17) is 4.74 Å². The largest absolute Gasteiger partial charge is 0.504 e. The minimum absolute atomic E-state index is 0.0236. The highest BCUT2D eigenvalue weighted by atomic mass is 19.3. The first-order valence-corrected chi connectivity index (χ1v) is 5.45. The maximum atomic E-state index is 12.2. The molecular weight excluding hydrogens is 228 g/mol. The smallest absolute Gasteiger partial charge is 0.251 e. The van der Waals surface area contributed by atoms with E-state index < -0.39 is 6.43 Å². The lowest BCUT2D eigenvalue weighted by molar-refractivity contribution is 0.0971. The summed E-state index contributed by atoms with van der Waals surface area (Å²) in [5, 5.41) is 9.86. The second kappa shape index (κ2) is 6.39. The van der Waals surface area contributed by atoms with Crippen LogP contribution >= 0.6 is 0 Å². The van der Waals surface area contributed by atoms with Crippen LogP contribution in [0.2, 0.25) is 0 Å². The van der Waals surface area contributed by atoms with Crippen molar-refractivity contribution in [1.82, 2.24) is 4.90 Å². The van der Waals surface area contributed by atoms with Gasteiger partial charge in [-0.1, -0.05) is 12.1 Å². The summed E-state index contributed by atoms with van der Waals surface area (Å²) in [7, 11) is 1.58. The van der Waals surface area contributed by atoms with Crippen LogP contribution in [-0.2, 0) is 6.54 Å². The van der Waals surface area contributed by atoms with Crippen LogP contribution in [0, 0.1) is 0 Å². The van der Waals surface area contributed by atoms with E-state index in [0.29, 0.717) is 17.9 Å². The molecule has 1 rings (SSSR count). The van der Waals surface area contributed by atoms with Crippen molar-refractivity contribution in [2.24, 2.45) is 0 Å². The number of rotatable bonds is 6. The van der Waals surface area contributed by atoms with Gasteiger partial charge in [-0.25, -0.2) is 8.78 Å². The molecule has 1 aromatic rings. The van der Waals surface area contributed by atoms with E-state index in [1.165, 1.54) is 4.90 Å². The second-order valence-corrected chi connectivity index (χ2v) is 3.78. The van der Waals surface area contributed by atoms with Gasteiger partial charge in [-0.05, 0) is 20.0 Å². The Morgan fingerprint density at radius 1 is 1.41 bits per heavy atom. The van der Waals surface area contributed by atoms with Crippen molar-refractivity contribution >= 4 is 0 Å². The Hall–Kier alpha value is -1.36. The molecule has 0 amide bonds. The Bertz CT molecular complexity index is 358. The van der Waals surface area contributed by atoms with E-state index in [9.17, 15) is 13.9 Å². The molecule has 96 valence electrons. The number of halogens is 2. The molecular formula is C12H17F2NO2. The second-order valence-electron chi connectivity index (χ2n) is 3.78. The fraction of sp³-hybridized carbons (Fsp3) is 0.500. The van der Waals surface area contributed by atoms with Gasteiger partial charge in [0, 0.05) is 12.1 Å². The van der Waals surface area contributed by atoms with Crippen molar-refractivity contribution < 1.29 is 18.6 Å². The fourth-order valence-electron chi connectivity index (χ4n) is 1.56. The number of phenols is 1. The molecule has 3 nitrogen and oxygen atoms in total. The molecule has 0 unspecified atom stereocenters. The molecule has 0 atom stereocenters. The molecule has 0 heterocycles.